The number of terminal acetylenes is 1. The summed E-state index contributed by atoms with van der Waals surface area (Å²) in [7, 11) is 5.81. The Labute approximate surface area is 227 Å². The molecule has 3 rings (SSSR count). The van der Waals surface area contributed by atoms with E-state index < -0.39 is 28.8 Å². The third-order valence-corrected chi connectivity index (χ3v) is 7.25. The molecule has 0 spiro atoms. The number of aromatic nitrogens is 4. The summed E-state index contributed by atoms with van der Waals surface area (Å²) in [4.78, 5) is 27.0. The summed E-state index contributed by atoms with van der Waals surface area (Å²) >= 11 is 17.1. The number of rotatable bonds is 7. The molecule has 0 saturated carbocycles. The third-order valence-electron chi connectivity index (χ3n) is 5.88. The SMILES string of the molecule is C#CCOc1c(Cl)cc(C(c2c(O)n(C)c(=S)n(C)c2=O)c2c(O)n(C)c(=S)n(C)c2=O)cc1OCC. The van der Waals surface area contributed by atoms with Gasteiger partial charge in [-0.05, 0) is 49.1 Å². The van der Waals surface area contributed by atoms with Gasteiger partial charge in [0.15, 0.2) is 21.0 Å². The Bertz CT molecular complexity index is 1590. The van der Waals surface area contributed by atoms with Gasteiger partial charge < -0.3 is 19.7 Å². The average molecular weight is 565 g/mol. The molecule has 1 aromatic carbocycles. The van der Waals surface area contributed by atoms with Crippen molar-refractivity contribution < 1.29 is 19.7 Å². The molecule has 2 aromatic heterocycles. The largest absolute Gasteiger partial charge is 0.494 e. The number of hydrogen-bond acceptors (Lipinski definition) is 8. The summed E-state index contributed by atoms with van der Waals surface area (Å²) in [5.41, 5.74) is -1.56. The maximum Gasteiger partial charge on any atom is 0.262 e. The van der Waals surface area contributed by atoms with Crippen molar-refractivity contribution in [2.45, 2.75) is 12.8 Å². The minimum Gasteiger partial charge on any atom is -0.494 e. The van der Waals surface area contributed by atoms with Gasteiger partial charge in [-0.15, -0.1) is 6.42 Å². The first kappa shape index (κ1) is 28.0. The van der Waals surface area contributed by atoms with Crippen molar-refractivity contribution in [1.82, 2.24) is 18.3 Å². The highest BCUT2D eigenvalue weighted by atomic mass is 35.5. The Kier molecular flexibility index (Phi) is 8.22. The number of halogens is 1. The summed E-state index contributed by atoms with van der Waals surface area (Å²) in [6.07, 6.45) is 5.32. The number of nitrogens with zero attached hydrogens (tertiary/aromatic N) is 4. The molecule has 0 aliphatic carbocycles. The molecule has 0 bridgehead atoms. The van der Waals surface area contributed by atoms with Gasteiger partial charge in [0, 0.05) is 28.2 Å². The molecular formula is C24H25ClN4O6S2. The Morgan fingerprint density at radius 1 is 0.946 bits per heavy atom. The van der Waals surface area contributed by atoms with E-state index in [-0.39, 0.29) is 56.0 Å². The summed E-state index contributed by atoms with van der Waals surface area (Å²) in [6, 6.07) is 2.95. The molecule has 196 valence electrons. The van der Waals surface area contributed by atoms with Crippen molar-refractivity contribution in [2.24, 2.45) is 28.2 Å². The van der Waals surface area contributed by atoms with E-state index in [0.29, 0.717) is 0 Å². The highest BCUT2D eigenvalue weighted by molar-refractivity contribution is 7.71. The summed E-state index contributed by atoms with van der Waals surface area (Å²) < 4.78 is 16.1. The zero-order valence-electron chi connectivity index (χ0n) is 20.7. The zero-order valence-corrected chi connectivity index (χ0v) is 23.1. The second-order valence-electron chi connectivity index (χ2n) is 8.07. The van der Waals surface area contributed by atoms with Crippen molar-refractivity contribution in [3.05, 3.63) is 64.1 Å². The zero-order chi connectivity index (χ0) is 27.8. The van der Waals surface area contributed by atoms with E-state index in [4.69, 9.17) is 51.9 Å². The maximum atomic E-state index is 13.5. The van der Waals surface area contributed by atoms with Gasteiger partial charge in [0.1, 0.15) is 6.61 Å². The van der Waals surface area contributed by atoms with Gasteiger partial charge >= 0.3 is 0 Å². The van der Waals surface area contributed by atoms with Crippen LogP contribution in [-0.2, 0) is 28.2 Å². The molecule has 2 heterocycles. The van der Waals surface area contributed by atoms with Crippen LogP contribution in [0.2, 0.25) is 5.02 Å². The normalized spacial score (nSPS) is 11.0. The molecule has 13 heteroatoms. The second kappa shape index (κ2) is 10.8. The lowest BCUT2D eigenvalue weighted by molar-refractivity contribution is 0.299. The van der Waals surface area contributed by atoms with Crippen LogP contribution in [0, 0.1) is 21.9 Å². The van der Waals surface area contributed by atoms with Gasteiger partial charge in [-0.1, -0.05) is 17.5 Å². The van der Waals surface area contributed by atoms with Crippen LogP contribution in [0.3, 0.4) is 0 Å². The van der Waals surface area contributed by atoms with Crippen LogP contribution in [0.15, 0.2) is 21.7 Å². The van der Waals surface area contributed by atoms with E-state index in [9.17, 15) is 19.8 Å². The van der Waals surface area contributed by atoms with Crippen LogP contribution in [0.25, 0.3) is 0 Å². The molecule has 0 amide bonds. The van der Waals surface area contributed by atoms with Gasteiger partial charge in [0.2, 0.25) is 11.8 Å². The highest BCUT2D eigenvalue weighted by Gasteiger charge is 2.33. The lowest BCUT2D eigenvalue weighted by Crippen LogP contribution is -2.33. The number of benzene rings is 1. The van der Waals surface area contributed by atoms with Crippen LogP contribution in [0.5, 0.6) is 23.3 Å². The monoisotopic (exact) mass is 564 g/mol. The predicted octanol–water partition coefficient (Wildman–Crippen LogP) is 2.88. The minimum atomic E-state index is -1.32. The highest BCUT2D eigenvalue weighted by Crippen LogP contribution is 2.43. The number of hydrogen-bond donors (Lipinski definition) is 2. The Morgan fingerprint density at radius 3 is 1.86 bits per heavy atom. The second-order valence-corrected chi connectivity index (χ2v) is 9.21. The van der Waals surface area contributed by atoms with Gasteiger partial charge in [-0.2, -0.15) is 0 Å². The van der Waals surface area contributed by atoms with Crippen LogP contribution in [0.1, 0.15) is 29.5 Å². The first-order valence-electron chi connectivity index (χ1n) is 10.9. The maximum absolute atomic E-state index is 13.5. The fourth-order valence-electron chi connectivity index (χ4n) is 3.97. The Morgan fingerprint density at radius 2 is 1.43 bits per heavy atom. The Balaban J connectivity index is 2.57. The van der Waals surface area contributed by atoms with E-state index in [0.717, 1.165) is 9.13 Å². The van der Waals surface area contributed by atoms with Crippen LogP contribution >= 0.6 is 36.0 Å². The fourth-order valence-corrected chi connectivity index (χ4v) is 4.59. The molecule has 0 radical (unpaired) electrons. The molecule has 3 aromatic rings. The topological polar surface area (TPSA) is 113 Å². The molecule has 37 heavy (non-hydrogen) atoms. The lowest BCUT2D eigenvalue weighted by Gasteiger charge is -2.24. The van der Waals surface area contributed by atoms with Gasteiger partial charge in [-0.25, -0.2) is 0 Å². The molecule has 0 aliphatic rings. The molecular weight excluding hydrogens is 540 g/mol. The van der Waals surface area contributed by atoms with E-state index in [1.54, 1.807) is 6.92 Å². The van der Waals surface area contributed by atoms with E-state index in [1.807, 2.05) is 0 Å². The predicted molar refractivity (Wildman–Crippen MR) is 144 cm³/mol. The van der Waals surface area contributed by atoms with Gasteiger partial charge in [0.25, 0.3) is 11.1 Å². The van der Waals surface area contributed by atoms with Crippen molar-refractivity contribution in [3.63, 3.8) is 0 Å². The van der Waals surface area contributed by atoms with Crippen LogP contribution < -0.4 is 20.6 Å². The summed E-state index contributed by atoms with van der Waals surface area (Å²) in [5.74, 6) is 0.393. The summed E-state index contributed by atoms with van der Waals surface area (Å²) in [6.45, 7) is 1.89. The standard InChI is InChI=1S/C24H25ClN4O6S2/c1-7-9-35-18-13(25)10-12(11-14(18)34-8-2)15(16-19(30)26(3)23(36)27(4)20(16)31)17-21(32)28(5)24(37)29(6)22(17)33/h1,10-11,15,30,32H,8-9H2,2-6H3. The number of aromatic hydroxyl groups is 2. The summed E-state index contributed by atoms with van der Waals surface area (Å²) in [5, 5.41) is 22.3. The van der Waals surface area contributed by atoms with Crippen LogP contribution in [-0.4, -0.2) is 41.7 Å². The van der Waals surface area contributed by atoms with Crippen molar-refractivity contribution in [3.8, 4) is 35.6 Å². The van der Waals surface area contributed by atoms with Crippen molar-refractivity contribution in [2.75, 3.05) is 13.2 Å². The molecule has 0 saturated heterocycles. The Hall–Kier alpha value is -3.53. The molecule has 10 nitrogen and oxygen atoms in total. The minimum absolute atomic E-state index is 0.0413. The van der Waals surface area contributed by atoms with Gasteiger partial charge in [-0.3, -0.25) is 27.9 Å². The molecule has 0 aliphatic heterocycles. The quantitative estimate of drug-likeness (QED) is 0.333. The molecule has 0 atom stereocenters. The van der Waals surface area contributed by atoms with Gasteiger partial charge in [0.05, 0.1) is 28.7 Å². The average Bonchev–Trinajstić information content (AvgIpc) is 2.87. The van der Waals surface area contributed by atoms with E-state index >= 15 is 0 Å². The first-order valence-corrected chi connectivity index (χ1v) is 12.1. The van der Waals surface area contributed by atoms with Crippen molar-refractivity contribution >= 4 is 36.0 Å². The van der Waals surface area contributed by atoms with E-state index in [2.05, 4.69) is 5.92 Å². The smallest absolute Gasteiger partial charge is 0.262 e. The molecule has 0 unspecified atom stereocenters. The number of ether oxygens (including phenoxy) is 2. The van der Waals surface area contributed by atoms with Crippen molar-refractivity contribution in [1.29, 1.82) is 0 Å². The van der Waals surface area contributed by atoms with E-state index in [1.165, 1.54) is 49.5 Å². The fraction of sp³-hybridized carbons (Fsp3) is 0.333. The third kappa shape index (κ3) is 4.77. The first-order chi connectivity index (χ1) is 17.4. The molecule has 2 N–H and O–H groups in total. The van der Waals surface area contributed by atoms with Crippen LogP contribution in [0.4, 0.5) is 0 Å². The molecule has 0 fully saturated rings. The lowest BCUT2D eigenvalue weighted by atomic mass is 9.86.